The second-order valence-corrected chi connectivity index (χ2v) is 9.47. The lowest BCUT2D eigenvalue weighted by molar-refractivity contribution is -0.213. The summed E-state index contributed by atoms with van der Waals surface area (Å²) in [5.41, 5.74) is -1.29. The standard InChI is InChI=1S/C18H16BrClN6O4S2/c1-29-15-17(31)30-12(6-27)14(28)18(15,8-2-9(19)10(3-21)22-4-8)26-5-11(24-25-26)16-23-13(20)7-32-16/h2,4-5,7,12,14-15,17,27-28,31H,6H2,1H3/t12-,14+,15+,17-,18?/m1/s1. The van der Waals surface area contributed by atoms with Crippen LogP contribution in [0.2, 0.25) is 5.15 Å². The van der Waals surface area contributed by atoms with Crippen molar-refractivity contribution in [2.24, 2.45) is 0 Å². The molecule has 0 aliphatic carbocycles. The molecule has 0 aromatic carbocycles. The first-order valence-electron chi connectivity index (χ1n) is 9.12. The van der Waals surface area contributed by atoms with Gasteiger partial charge in [-0.25, -0.2) is 14.6 Å². The van der Waals surface area contributed by atoms with Gasteiger partial charge in [0.25, 0.3) is 0 Å². The maximum Gasteiger partial charge on any atom is 0.154 e. The molecular weight excluding hydrogens is 544 g/mol. The van der Waals surface area contributed by atoms with E-state index in [1.807, 2.05) is 6.07 Å². The van der Waals surface area contributed by atoms with Gasteiger partial charge in [-0.3, -0.25) is 0 Å². The summed E-state index contributed by atoms with van der Waals surface area (Å²) in [6, 6.07) is 3.63. The summed E-state index contributed by atoms with van der Waals surface area (Å²) in [6.07, 6.45) is -0.214. The van der Waals surface area contributed by atoms with Gasteiger partial charge in [0.05, 0.1) is 17.3 Å². The Labute approximate surface area is 205 Å². The predicted molar refractivity (Wildman–Crippen MR) is 121 cm³/mol. The summed E-state index contributed by atoms with van der Waals surface area (Å²) in [6.45, 7) is -0.481. The zero-order valence-corrected chi connectivity index (χ0v) is 20.4. The van der Waals surface area contributed by atoms with Crippen LogP contribution in [0.15, 0.2) is 28.3 Å². The molecule has 4 rings (SSSR count). The molecule has 0 radical (unpaired) electrons. The number of thiol groups is 1. The number of thiazole rings is 1. The monoisotopic (exact) mass is 558 g/mol. The highest BCUT2D eigenvalue weighted by atomic mass is 79.9. The van der Waals surface area contributed by atoms with Crippen LogP contribution in [0, 0.1) is 11.3 Å². The van der Waals surface area contributed by atoms with E-state index in [2.05, 4.69) is 48.8 Å². The Kier molecular flexibility index (Phi) is 6.85. The topological polar surface area (TPSA) is 139 Å². The number of aliphatic hydroxyl groups is 2. The van der Waals surface area contributed by atoms with E-state index in [1.165, 1.54) is 29.3 Å². The molecule has 0 saturated carbocycles. The normalized spacial score (nSPS) is 27.9. The Morgan fingerprint density at radius 3 is 2.91 bits per heavy atom. The largest absolute Gasteiger partial charge is 0.394 e. The number of rotatable bonds is 5. The molecule has 1 aliphatic heterocycles. The molecule has 0 spiro atoms. The molecule has 3 aromatic heterocycles. The number of aromatic nitrogens is 5. The number of nitrogens with zero attached hydrogens (tertiary/aromatic N) is 6. The summed E-state index contributed by atoms with van der Waals surface area (Å²) in [5, 5.41) is 41.6. The van der Waals surface area contributed by atoms with Crippen LogP contribution in [-0.4, -0.2) is 72.6 Å². The van der Waals surface area contributed by atoms with Gasteiger partial charge in [-0.15, -0.1) is 29.1 Å². The van der Waals surface area contributed by atoms with Crippen molar-refractivity contribution in [3.05, 3.63) is 44.7 Å². The van der Waals surface area contributed by atoms with Crippen molar-refractivity contribution < 1.29 is 19.7 Å². The van der Waals surface area contributed by atoms with E-state index in [1.54, 1.807) is 17.6 Å². The minimum absolute atomic E-state index is 0.164. The van der Waals surface area contributed by atoms with Gasteiger partial charge in [-0.2, -0.15) is 5.26 Å². The van der Waals surface area contributed by atoms with Crippen LogP contribution in [0.1, 0.15) is 11.3 Å². The number of nitriles is 1. The van der Waals surface area contributed by atoms with Gasteiger partial charge in [-0.1, -0.05) is 16.8 Å². The number of hydrogen-bond acceptors (Lipinski definition) is 11. The molecule has 0 bridgehead atoms. The van der Waals surface area contributed by atoms with E-state index in [9.17, 15) is 15.5 Å². The van der Waals surface area contributed by atoms with Crippen molar-refractivity contribution in [2.75, 3.05) is 13.7 Å². The van der Waals surface area contributed by atoms with Crippen molar-refractivity contribution in [1.29, 1.82) is 5.26 Å². The quantitative estimate of drug-likeness (QED) is 0.400. The number of hydrogen-bond donors (Lipinski definition) is 3. The lowest BCUT2D eigenvalue weighted by Crippen LogP contribution is -2.67. The highest BCUT2D eigenvalue weighted by molar-refractivity contribution is 9.10. The molecule has 1 saturated heterocycles. The van der Waals surface area contributed by atoms with Gasteiger partial charge in [0.15, 0.2) is 5.69 Å². The molecule has 3 aromatic rings. The van der Waals surface area contributed by atoms with Crippen molar-refractivity contribution in [2.45, 2.75) is 29.3 Å². The van der Waals surface area contributed by atoms with Crippen LogP contribution >= 0.6 is 51.5 Å². The number of pyridine rings is 1. The maximum absolute atomic E-state index is 11.5. The van der Waals surface area contributed by atoms with Crippen molar-refractivity contribution in [3.63, 3.8) is 0 Å². The predicted octanol–water partition coefficient (Wildman–Crippen LogP) is 1.85. The van der Waals surface area contributed by atoms with Crippen LogP contribution in [0.5, 0.6) is 0 Å². The highest BCUT2D eigenvalue weighted by Crippen LogP contribution is 2.44. The van der Waals surface area contributed by atoms with Gasteiger partial charge in [0.1, 0.15) is 51.2 Å². The van der Waals surface area contributed by atoms with E-state index in [0.29, 0.717) is 25.9 Å². The molecule has 1 unspecified atom stereocenters. The second kappa shape index (κ2) is 9.32. The number of methoxy groups -OCH3 is 1. The zero-order valence-electron chi connectivity index (χ0n) is 16.3. The van der Waals surface area contributed by atoms with Gasteiger partial charge >= 0.3 is 0 Å². The first kappa shape index (κ1) is 23.5. The Hall–Kier alpha value is -1.63. The van der Waals surface area contributed by atoms with Crippen LogP contribution in [0.25, 0.3) is 10.7 Å². The van der Waals surface area contributed by atoms with Crippen LogP contribution in [0.4, 0.5) is 0 Å². The molecule has 32 heavy (non-hydrogen) atoms. The lowest BCUT2D eigenvalue weighted by atomic mass is 9.76. The Morgan fingerprint density at radius 2 is 2.31 bits per heavy atom. The molecule has 10 nitrogen and oxygen atoms in total. The lowest BCUT2D eigenvalue weighted by Gasteiger charge is -2.51. The van der Waals surface area contributed by atoms with Crippen LogP contribution in [0.3, 0.4) is 0 Å². The molecule has 168 valence electrons. The third kappa shape index (κ3) is 3.74. The third-order valence-electron chi connectivity index (χ3n) is 5.22. The molecule has 5 atom stereocenters. The minimum atomic E-state index is -1.47. The van der Waals surface area contributed by atoms with Crippen molar-refractivity contribution >= 4 is 51.5 Å². The van der Waals surface area contributed by atoms with Gasteiger partial charge in [-0.05, 0) is 22.0 Å². The van der Waals surface area contributed by atoms with E-state index in [4.69, 9.17) is 21.1 Å². The van der Waals surface area contributed by atoms with E-state index >= 15 is 0 Å². The summed E-state index contributed by atoms with van der Waals surface area (Å²) in [5.74, 6) is 0. The SMILES string of the molecule is CO[C@H]1[C@@H](S)O[C@H](CO)[C@H](O)C1(c1cnc(C#N)c(Br)c1)n1cc(-c2nc(Cl)cs2)nn1. The molecule has 14 heteroatoms. The Balaban J connectivity index is 1.97. The molecule has 4 heterocycles. The summed E-state index contributed by atoms with van der Waals surface area (Å²) in [7, 11) is 1.45. The van der Waals surface area contributed by atoms with E-state index in [-0.39, 0.29) is 5.69 Å². The van der Waals surface area contributed by atoms with Crippen LogP contribution in [-0.2, 0) is 15.0 Å². The van der Waals surface area contributed by atoms with E-state index in [0.717, 1.165) is 0 Å². The molecular formula is C18H16BrClN6O4S2. The van der Waals surface area contributed by atoms with Crippen molar-refractivity contribution in [1.82, 2.24) is 25.0 Å². The average Bonchev–Trinajstić information content (AvgIpc) is 3.44. The fourth-order valence-corrected chi connectivity index (χ4v) is 5.66. The fraction of sp³-hybridized carbons (Fsp3) is 0.389. The third-order valence-corrected chi connectivity index (χ3v) is 7.41. The number of aliphatic hydroxyl groups excluding tert-OH is 2. The molecule has 0 amide bonds. The summed E-state index contributed by atoms with van der Waals surface area (Å²) < 4.78 is 13.3. The fourth-order valence-electron chi connectivity index (χ4n) is 3.82. The van der Waals surface area contributed by atoms with Crippen LogP contribution < -0.4 is 0 Å². The Morgan fingerprint density at radius 1 is 1.53 bits per heavy atom. The minimum Gasteiger partial charge on any atom is -0.394 e. The van der Waals surface area contributed by atoms with Gasteiger partial charge in [0.2, 0.25) is 0 Å². The second-order valence-electron chi connectivity index (χ2n) is 6.86. The molecule has 2 N–H and O–H groups in total. The first-order chi connectivity index (χ1) is 15.4. The first-order valence-corrected chi connectivity index (χ1v) is 11.7. The number of ether oxygens (including phenoxy) is 2. The van der Waals surface area contributed by atoms with E-state index < -0.39 is 35.9 Å². The summed E-state index contributed by atoms with van der Waals surface area (Å²) >= 11 is 15.1. The average molecular weight is 560 g/mol. The highest BCUT2D eigenvalue weighted by Gasteiger charge is 2.59. The molecule has 1 fully saturated rings. The number of halogens is 2. The smallest absolute Gasteiger partial charge is 0.154 e. The maximum atomic E-state index is 11.5. The van der Waals surface area contributed by atoms with Gasteiger partial charge in [0, 0.05) is 24.3 Å². The molecule has 1 aliphatic rings. The van der Waals surface area contributed by atoms with Crippen molar-refractivity contribution in [3.8, 4) is 16.8 Å². The summed E-state index contributed by atoms with van der Waals surface area (Å²) in [4.78, 5) is 8.41. The Bertz CT molecular complexity index is 1170. The zero-order chi connectivity index (χ0) is 23.0. The van der Waals surface area contributed by atoms with Gasteiger partial charge < -0.3 is 19.7 Å².